The molecule has 0 heterocycles. The van der Waals surface area contributed by atoms with E-state index >= 15 is 0 Å². The molecule has 0 radical (unpaired) electrons. The average molecular weight is 308 g/mol. The van der Waals surface area contributed by atoms with Crippen molar-refractivity contribution in [3.05, 3.63) is 35.4 Å². The minimum absolute atomic E-state index is 0.167. The molecule has 1 aromatic carbocycles. The molecular weight excluding hydrogens is 288 g/mol. The second-order valence-electron chi connectivity index (χ2n) is 5.59. The Morgan fingerprint density at radius 3 is 2.41 bits per heavy atom. The second kappa shape index (κ2) is 7.79. The maximum atomic E-state index is 11.7. The van der Waals surface area contributed by atoms with Gasteiger partial charge < -0.3 is 4.74 Å². The van der Waals surface area contributed by atoms with Crippen molar-refractivity contribution in [3.63, 3.8) is 0 Å². The molecule has 0 unspecified atom stereocenters. The monoisotopic (exact) mass is 308 g/mol. The van der Waals surface area contributed by atoms with E-state index in [4.69, 9.17) is 4.74 Å². The summed E-state index contributed by atoms with van der Waals surface area (Å²) in [4.78, 5) is 31.8. The van der Waals surface area contributed by atoms with Gasteiger partial charge in [0.05, 0.1) is 10.6 Å². The summed E-state index contributed by atoms with van der Waals surface area (Å²) in [6.45, 7) is 3.93. The number of aryl methyl sites for hydroxylation is 1. The molecule has 0 saturated heterocycles. The largest absolute Gasteiger partial charge is 0.543 e. The van der Waals surface area contributed by atoms with Gasteiger partial charge in [0.2, 0.25) is 0 Å². The number of rotatable bonds is 4. The summed E-state index contributed by atoms with van der Waals surface area (Å²) in [7, 11) is 0. The zero-order chi connectivity index (χ0) is 15.9. The molecule has 0 atom stereocenters. The molecule has 6 heteroatoms. The Hall–Kier alpha value is -2.08. The molecule has 0 aromatic heterocycles. The van der Waals surface area contributed by atoms with E-state index in [-0.39, 0.29) is 6.10 Å². The fourth-order valence-corrected chi connectivity index (χ4v) is 2.43. The molecule has 1 aromatic rings. The fraction of sp³-hybridized carbons (Fsp3) is 0.500. The summed E-state index contributed by atoms with van der Waals surface area (Å²) < 4.78 is 5.07. The molecule has 2 rings (SSSR count). The van der Waals surface area contributed by atoms with Crippen LogP contribution in [0.2, 0.25) is 0 Å². The Kier molecular flexibility index (Phi) is 5.77. The van der Waals surface area contributed by atoms with Gasteiger partial charge in [0.15, 0.2) is 0 Å². The lowest BCUT2D eigenvalue weighted by Crippen LogP contribution is -2.24. The van der Waals surface area contributed by atoms with E-state index in [0.29, 0.717) is 11.5 Å². The number of ether oxygens (including phenoxy) is 1. The minimum Gasteiger partial charge on any atom is -0.429 e. The van der Waals surface area contributed by atoms with Gasteiger partial charge in [-0.1, -0.05) is 25.1 Å². The van der Waals surface area contributed by atoms with Crippen LogP contribution in [0, 0.1) is 12.8 Å². The third kappa shape index (κ3) is 4.73. The summed E-state index contributed by atoms with van der Waals surface area (Å²) >= 11 is 0. The lowest BCUT2D eigenvalue weighted by molar-refractivity contribution is -0.453. The molecule has 1 saturated carbocycles. The van der Waals surface area contributed by atoms with E-state index in [1.807, 2.05) is 0 Å². The van der Waals surface area contributed by atoms with Crippen LogP contribution in [-0.2, 0) is 19.6 Å². The highest BCUT2D eigenvalue weighted by molar-refractivity contribution is 5.90. The summed E-state index contributed by atoms with van der Waals surface area (Å²) in [5, 5.41) is 4.21. The van der Waals surface area contributed by atoms with Crippen molar-refractivity contribution < 1.29 is 29.1 Å². The van der Waals surface area contributed by atoms with Crippen LogP contribution in [0.5, 0.6) is 0 Å². The Morgan fingerprint density at radius 2 is 1.73 bits per heavy atom. The van der Waals surface area contributed by atoms with E-state index < -0.39 is 12.1 Å². The van der Waals surface area contributed by atoms with Crippen molar-refractivity contribution in [3.8, 4) is 0 Å². The number of hydrogen-bond acceptors (Lipinski definition) is 6. The first kappa shape index (κ1) is 16.3. The van der Waals surface area contributed by atoms with Crippen LogP contribution in [0.1, 0.15) is 48.5 Å². The zero-order valence-corrected chi connectivity index (χ0v) is 12.7. The van der Waals surface area contributed by atoms with Gasteiger partial charge in [-0.15, -0.1) is 0 Å². The Labute approximate surface area is 129 Å². The normalized spacial score (nSPS) is 21.0. The number of carbonyl (C=O) groups is 2. The first-order chi connectivity index (χ1) is 10.6. The van der Waals surface area contributed by atoms with Crippen LogP contribution >= 0.6 is 0 Å². The summed E-state index contributed by atoms with van der Waals surface area (Å²) in [5.74, 6) is -0.0837. The van der Waals surface area contributed by atoms with Crippen LogP contribution < -0.4 is 0 Å². The minimum atomic E-state index is -1.00. The fourth-order valence-electron chi connectivity index (χ4n) is 2.43. The molecule has 0 N–H and O–H groups in total. The van der Waals surface area contributed by atoms with E-state index in [1.165, 1.54) is 0 Å². The van der Waals surface area contributed by atoms with Crippen molar-refractivity contribution in [2.24, 2.45) is 5.92 Å². The molecule has 6 nitrogen and oxygen atoms in total. The average Bonchev–Trinajstić information content (AvgIpc) is 2.50. The Morgan fingerprint density at radius 1 is 1.05 bits per heavy atom. The maximum Gasteiger partial charge on any atom is 0.543 e. The predicted octanol–water partition coefficient (Wildman–Crippen LogP) is 3.73. The van der Waals surface area contributed by atoms with Gasteiger partial charge in [-0.3, -0.25) is 4.89 Å². The molecule has 0 bridgehead atoms. The topological polar surface area (TPSA) is 71.1 Å². The van der Waals surface area contributed by atoms with E-state index in [0.717, 1.165) is 31.2 Å². The Bertz CT molecular complexity index is 519. The van der Waals surface area contributed by atoms with Gasteiger partial charge in [-0.2, -0.15) is 0 Å². The summed E-state index contributed by atoms with van der Waals surface area (Å²) in [6, 6.07) is 6.84. The van der Waals surface area contributed by atoms with E-state index in [9.17, 15) is 9.59 Å². The van der Waals surface area contributed by atoms with Crippen molar-refractivity contribution >= 4 is 12.1 Å². The number of hydrogen-bond donors (Lipinski definition) is 0. The molecule has 22 heavy (non-hydrogen) atoms. The van der Waals surface area contributed by atoms with Crippen LogP contribution in [0.4, 0.5) is 4.79 Å². The van der Waals surface area contributed by atoms with Crippen LogP contribution in [0.3, 0.4) is 0 Å². The van der Waals surface area contributed by atoms with Crippen molar-refractivity contribution in [1.29, 1.82) is 0 Å². The van der Waals surface area contributed by atoms with Gasteiger partial charge in [0.1, 0.15) is 6.10 Å². The Balaban J connectivity index is 1.69. The number of carbonyl (C=O) groups excluding carboxylic acids is 2. The maximum absolute atomic E-state index is 11.7. The number of benzene rings is 1. The molecule has 0 spiro atoms. The van der Waals surface area contributed by atoms with Crippen molar-refractivity contribution in [2.75, 3.05) is 0 Å². The van der Waals surface area contributed by atoms with Crippen molar-refractivity contribution in [1.82, 2.24) is 0 Å². The second-order valence-corrected chi connectivity index (χ2v) is 5.59. The highest BCUT2D eigenvalue weighted by atomic mass is 17.5. The highest BCUT2D eigenvalue weighted by Gasteiger charge is 2.23. The smallest absolute Gasteiger partial charge is 0.429 e. The van der Waals surface area contributed by atoms with E-state index in [2.05, 4.69) is 21.7 Å². The zero-order valence-electron chi connectivity index (χ0n) is 12.7. The third-order valence-corrected chi connectivity index (χ3v) is 3.80. The van der Waals surface area contributed by atoms with Crippen LogP contribution in [0.25, 0.3) is 0 Å². The SMILES string of the molecule is Cc1ccccc1C(=O)OOOC(=O)OC1CCC(C)CC1. The third-order valence-electron chi connectivity index (χ3n) is 3.80. The van der Waals surface area contributed by atoms with Gasteiger partial charge in [0.25, 0.3) is 0 Å². The first-order valence-electron chi connectivity index (χ1n) is 7.38. The molecule has 0 aliphatic heterocycles. The molecule has 1 aliphatic carbocycles. The standard InChI is InChI=1S/C16H20O6/c1-11-7-9-13(10-8-11)19-16(18)21-22-20-15(17)14-6-4-3-5-12(14)2/h3-6,11,13H,7-10H2,1-2H3. The van der Waals surface area contributed by atoms with Crippen LogP contribution in [0.15, 0.2) is 24.3 Å². The first-order valence-corrected chi connectivity index (χ1v) is 7.38. The molecular formula is C16H20O6. The molecule has 0 amide bonds. The summed E-state index contributed by atoms with van der Waals surface area (Å²) in [5.41, 5.74) is 1.07. The molecule has 1 fully saturated rings. The van der Waals surface area contributed by atoms with Crippen LogP contribution in [-0.4, -0.2) is 18.2 Å². The van der Waals surface area contributed by atoms with Gasteiger partial charge in [-0.05, 0) is 50.2 Å². The van der Waals surface area contributed by atoms with E-state index in [1.54, 1.807) is 31.2 Å². The van der Waals surface area contributed by atoms with Gasteiger partial charge in [-0.25, -0.2) is 14.5 Å². The highest BCUT2D eigenvalue weighted by Crippen LogP contribution is 2.25. The molecule has 1 aliphatic rings. The lowest BCUT2D eigenvalue weighted by Gasteiger charge is -2.24. The van der Waals surface area contributed by atoms with Crippen molar-refractivity contribution in [2.45, 2.75) is 45.6 Å². The molecule has 120 valence electrons. The van der Waals surface area contributed by atoms with Gasteiger partial charge in [0, 0.05) is 0 Å². The van der Waals surface area contributed by atoms with Gasteiger partial charge >= 0.3 is 12.1 Å². The predicted molar refractivity (Wildman–Crippen MR) is 76.7 cm³/mol. The quantitative estimate of drug-likeness (QED) is 0.479. The lowest BCUT2D eigenvalue weighted by atomic mass is 9.89. The summed E-state index contributed by atoms with van der Waals surface area (Å²) in [6.07, 6.45) is 2.47.